The Labute approximate surface area is 151 Å². The minimum atomic E-state index is -0.940. The molecule has 2 aromatic carbocycles. The summed E-state index contributed by atoms with van der Waals surface area (Å²) in [4.78, 5) is 23.8. The van der Waals surface area contributed by atoms with Gasteiger partial charge in [0.2, 0.25) is 5.91 Å². The first-order chi connectivity index (χ1) is 12.5. The van der Waals surface area contributed by atoms with Gasteiger partial charge >= 0.3 is 5.97 Å². The Bertz CT molecular complexity index is 879. The molecule has 0 radical (unpaired) electrons. The lowest BCUT2D eigenvalue weighted by Gasteiger charge is -2.27. The largest absolute Gasteiger partial charge is 0.478 e. The van der Waals surface area contributed by atoms with E-state index in [0.717, 1.165) is 30.4 Å². The van der Waals surface area contributed by atoms with Gasteiger partial charge in [0.1, 0.15) is 5.82 Å². The van der Waals surface area contributed by atoms with Crippen LogP contribution < -0.4 is 5.32 Å². The first kappa shape index (κ1) is 16.8. The third kappa shape index (κ3) is 3.09. The molecule has 2 aliphatic carbocycles. The summed E-state index contributed by atoms with van der Waals surface area (Å²) in [5.41, 5.74) is 2.88. The number of carboxylic acid groups (broad SMARTS) is 1. The maximum absolute atomic E-state index is 13.9. The van der Waals surface area contributed by atoms with Crippen molar-refractivity contribution in [3.63, 3.8) is 0 Å². The normalized spacial score (nSPS) is 23.8. The van der Waals surface area contributed by atoms with E-state index in [1.54, 1.807) is 30.3 Å². The summed E-state index contributed by atoms with van der Waals surface area (Å²) in [7, 11) is 0. The number of hydrogen-bond donors (Lipinski definition) is 2. The van der Waals surface area contributed by atoms with Crippen molar-refractivity contribution in [1.29, 1.82) is 0 Å². The van der Waals surface area contributed by atoms with Crippen LogP contribution in [0.25, 0.3) is 0 Å². The van der Waals surface area contributed by atoms with Gasteiger partial charge in [0, 0.05) is 5.92 Å². The Hall–Kier alpha value is -2.69. The van der Waals surface area contributed by atoms with Crippen LogP contribution in [0.15, 0.2) is 42.5 Å². The molecule has 2 N–H and O–H groups in total. The monoisotopic (exact) mass is 353 g/mol. The van der Waals surface area contributed by atoms with Crippen LogP contribution in [0.3, 0.4) is 0 Å². The molecule has 26 heavy (non-hydrogen) atoms. The molecule has 0 aliphatic heterocycles. The molecule has 0 spiro atoms. The third-order valence-corrected chi connectivity index (χ3v) is 5.45. The zero-order valence-electron chi connectivity index (χ0n) is 14.2. The van der Waals surface area contributed by atoms with Gasteiger partial charge in [-0.1, -0.05) is 24.3 Å². The maximum atomic E-state index is 13.9. The number of nitrogens with one attached hydrogen (secondary N) is 1. The van der Waals surface area contributed by atoms with E-state index in [4.69, 9.17) is 5.11 Å². The summed E-state index contributed by atoms with van der Waals surface area (Å²) in [6.07, 6.45) is 3.24. The van der Waals surface area contributed by atoms with E-state index in [1.165, 1.54) is 6.07 Å². The van der Waals surface area contributed by atoms with E-state index in [1.807, 2.05) is 6.07 Å². The minimum Gasteiger partial charge on any atom is -0.478 e. The first-order valence-corrected chi connectivity index (χ1v) is 8.95. The molecule has 4 nitrogen and oxygen atoms in total. The number of carboxylic acids is 1. The van der Waals surface area contributed by atoms with Gasteiger partial charge in [-0.15, -0.1) is 0 Å². The number of amides is 1. The van der Waals surface area contributed by atoms with Gasteiger partial charge in [-0.05, 0) is 66.5 Å². The third-order valence-electron chi connectivity index (χ3n) is 5.45. The fraction of sp³-hybridized carbons (Fsp3) is 0.333. The highest BCUT2D eigenvalue weighted by molar-refractivity contribution is 5.88. The number of carbonyl (C=O) groups is 2. The highest BCUT2D eigenvalue weighted by atomic mass is 19.1. The van der Waals surface area contributed by atoms with E-state index in [2.05, 4.69) is 5.32 Å². The number of carbonyl (C=O) groups excluding carboxylic acids is 1. The minimum absolute atomic E-state index is 0.0431. The summed E-state index contributed by atoms with van der Waals surface area (Å²) in [5, 5.41) is 12.2. The zero-order valence-corrected chi connectivity index (χ0v) is 14.2. The number of aromatic carboxylic acids is 1. The topological polar surface area (TPSA) is 66.4 Å². The molecule has 5 heteroatoms. The lowest BCUT2D eigenvalue weighted by molar-refractivity contribution is -0.123. The SMILES string of the molecule is O=C(O)c1ccc2c(c1)CCCC2NC(=O)[C@@H]1C[C@H]1c1ccccc1F. The predicted molar refractivity (Wildman–Crippen MR) is 94.5 cm³/mol. The summed E-state index contributed by atoms with van der Waals surface area (Å²) >= 11 is 0. The van der Waals surface area contributed by atoms with Gasteiger partial charge in [0.05, 0.1) is 11.6 Å². The summed E-state index contributed by atoms with van der Waals surface area (Å²) in [5.74, 6) is -1.47. The highest BCUT2D eigenvalue weighted by Crippen LogP contribution is 2.48. The van der Waals surface area contributed by atoms with Gasteiger partial charge in [-0.2, -0.15) is 0 Å². The molecule has 1 fully saturated rings. The number of aryl methyl sites for hydroxylation is 1. The molecule has 2 aliphatic rings. The quantitative estimate of drug-likeness (QED) is 0.878. The van der Waals surface area contributed by atoms with Crippen LogP contribution in [-0.4, -0.2) is 17.0 Å². The first-order valence-electron chi connectivity index (χ1n) is 8.95. The van der Waals surface area contributed by atoms with E-state index in [0.29, 0.717) is 12.0 Å². The molecule has 0 aromatic heterocycles. The molecule has 0 bridgehead atoms. The van der Waals surface area contributed by atoms with Crippen molar-refractivity contribution in [3.8, 4) is 0 Å². The molecule has 4 rings (SSSR count). The van der Waals surface area contributed by atoms with Crippen LogP contribution in [-0.2, 0) is 11.2 Å². The van der Waals surface area contributed by atoms with E-state index in [-0.39, 0.29) is 35.2 Å². The van der Waals surface area contributed by atoms with Gasteiger partial charge in [0.15, 0.2) is 0 Å². The summed E-state index contributed by atoms with van der Waals surface area (Å²) < 4.78 is 13.9. The fourth-order valence-corrected chi connectivity index (χ4v) is 3.98. The average Bonchev–Trinajstić information content (AvgIpc) is 3.42. The second kappa shape index (κ2) is 6.56. The second-order valence-corrected chi connectivity index (χ2v) is 7.14. The Morgan fingerprint density at radius 3 is 2.69 bits per heavy atom. The summed E-state index contributed by atoms with van der Waals surface area (Å²) in [6.45, 7) is 0. The fourth-order valence-electron chi connectivity index (χ4n) is 3.98. The second-order valence-electron chi connectivity index (χ2n) is 7.14. The van der Waals surface area contributed by atoms with Crippen LogP contribution in [0.4, 0.5) is 4.39 Å². The van der Waals surface area contributed by atoms with Crippen molar-refractivity contribution in [2.24, 2.45) is 5.92 Å². The lowest BCUT2D eigenvalue weighted by atomic mass is 9.86. The molecule has 3 atom stereocenters. The Morgan fingerprint density at radius 2 is 1.92 bits per heavy atom. The maximum Gasteiger partial charge on any atom is 0.335 e. The number of hydrogen-bond acceptors (Lipinski definition) is 2. The van der Waals surface area contributed by atoms with Crippen molar-refractivity contribution in [2.75, 3.05) is 0 Å². The zero-order chi connectivity index (χ0) is 18.3. The Morgan fingerprint density at radius 1 is 1.12 bits per heavy atom. The van der Waals surface area contributed by atoms with Crippen molar-refractivity contribution in [3.05, 3.63) is 70.5 Å². The van der Waals surface area contributed by atoms with Gasteiger partial charge in [0.25, 0.3) is 0 Å². The molecule has 0 heterocycles. The van der Waals surface area contributed by atoms with Crippen LogP contribution in [0.1, 0.15) is 58.3 Å². The van der Waals surface area contributed by atoms with E-state index < -0.39 is 5.97 Å². The molecular formula is C21H20FNO3. The van der Waals surface area contributed by atoms with Crippen molar-refractivity contribution >= 4 is 11.9 Å². The number of benzene rings is 2. The Kier molecular flexibility index (Phi) is 4.23. The van der Waals surface area contributed by atoms with Crippen LogP contribution >= 0.6 is 0 Å². The van der Waals surface area contributed by atoms with Crippen LogP contribution in [0, 0.1) is 11.7 Å². The highest BCUT2D eigenvalue weighted by Gasteiger charge is 2.45. The molecule has 1 saturated carbocycles. The Balaban J connectivity index is 1.47. The molecule has 134 valence electrons. The summed E-state index contributed by atoms with van der Waals surface area (Å²) in [6, 6.07) is 11.6. The smallest absolute Gasteiger partial charge is 0.335 e. The van der Waals surface area contributed by atoms with Crippen LogP contribution in [0.2, 0.25) is 0 Å². The van der Waals surface area contributed by atoms with Crippen molar-refractivity contribution in [1.82, 2.24) is 5.32 Å². The van der Waals surface area contributed by atoms with Gasteiger partial charge in [-0.25, -0.2) is 9.18 Å². The predicted octanol–water partition coefficient (Wildman–Crippen LogP) is 3.82. The standard InChI is InChI=1S/C21H20FNO3/c22-18-6-2-1-5-15(18)16-11-17(16)20(24)23-19-7-3-4-12-10-13(21(25)26)8-9-14(12)19/h1-2,5-6,8-10,16-17,19H,3-4,7,11H2,(H,23,24)(H,25,26)/t16-,17+,19?/m0/s1. The number of halogens is 1. The molecule has 2 aromatic rings. The van der Waals surface area contributed by atoms with Crippen molar-refractivity contribution < 1.29 is 19.1 Å². The van der Waals surface area contributed by atoms with Crippen LogP contribution in [0.5, 0.6) is 0 Å². The van der Waals surface area contributed by atoms with Crippen molar-refractivity contribution in [2.45, 2.75) is 37.6 Å². The average molecular weight is 353 g/mol. The van der Waals surface area contributed by atoms with Gasteiger partial charge in [-0.3, -0.25) is 4.79 Å². The molecule has 0 saturated heterocycles. The van der Waals surface area contributed by atoms with E-state index >= 15 is 0 Å². The van der Waals surface area contributed by atoms with E-state index in [9.17, 15) is 14.0 Å². The number of fused-ring (bicyclic) bond motifs is 1. The molecule has 1 unspecified atom stereocenters. The van der Waals surface area contributed by atoms with Gasteiger partial charge < -0.3 is 10.4 Å². The molecule has 1 amide bonds. The number of rotatable bonds is 4. The lowest BCUT2D eigenvalue weighted by Crippen LogP contribution is -2.32. The molecular weight excluding hydrogens is 333 g/mol.